The van der Waals surface area contributed by atoms with E-state index in [4.69, 9.17) is 5.73 Å². The maximum Gasteiger partial charge on any atom is 0.320 e. The van der Waals surface area contributed by atoms with Crippen LogP contribution >= 0.6 is 7.37 Å². The van der Waals surface area contributed by atoms with Crippen molar-refractivity contribution in [3.8, 4) is 0 Å². The van der Waals surface area contributed by atoms with Gasteiger partial charge < -0.3 is 15.7 Å². The smallest absolute Gasteiger partial charge is 0.320 e. The van der Waals surface area contributed by atoms with E-state index in [9.17, 15) is 19.4 Å². The number of hydrogen-bond acceptors (Lipinski definition) is 4. The summed E-state index contributed by atoms with van der Waals surface area (Å²) in [4.78, 5) is 24.0. The molecule has 1 aromatic rings. The Balaban J connectivity index is 2.21. The first-order chi connectivity index (χ1) is 10.4. The number of nitrogens with two attached hydrogens (primary N) is 1. The summed E-state index contributed by atoms with van der Waals surface area (Å²) in [6.07, 6.45) is 0.574. The second kappa shape index (κ2) is 6.92. The first kappa shape index (κ1) is 17.2. The van der Waals surface area contributed by atoms with Gasteiger partial charge in [-0.05, 0) is 24.9 Å². The first-order valence-corrected chi connectivity index (χ1v) is 9.27. The highest BCUT2D eigenvalue weighted by molar-refractivity contribution is 7.61. The molecule has 0 radical (unpaired) electrons. The zero-order valence-corrected chi connectivity index (χ0v) is 13.4. The molecule has 0 aliphatic carbocycles. The largest absolute Gasteiger partial charge is 0.480 e. The molecule has 122 valence electrons. The second-order valence-corrected chi connectivity index (χ2v) is 8.56. The Labute approximate surface area is 130 Å². The number of nitrogens with zero attached hydrogens (tertiary/aromatic N) is 1. The van der Waals surface area contributed by atoms with Crippen LogP contribution < -0.4 is 5.73 Å². The number of benzene rings is 1. The van der Waals surface area contributed by atoms with Crippen molar-refractivity contribution in [1.82, 2.24) is 4.90 Å². The molecular formula is C15H23N2O4P. The summed E-state index contributed by atoms with van der Waals surface area (Å²) in [6.45, 7) is 1.41. The van der Waals surface area contributed by atoms with Gasteiger partial charge >= 0.3 is 5.97 Å². The normalized spacial score (nSPS) is 29.4. The minimum absolute atomic E-state index is 0.0106. The van der Waals surface area contributed by atoms with Crippen LogP contribution in [0.1, 0.15) is 18.4 Å². The van der Waals surface area contributed by atoms with Gasteiger partial charge in [-0.25, -0.2) is 0 Å². The molecule has 1 fully saturated rings. The molecule has 2 rings (SSSR count). The minimum atomic E-state index is -3.75. The van der Waals surface area contributed by atoms with Crippen molar-refractivity contribution >= 4 is 13.3 Å². The summed E-state index contributed by atoms with van der Waals surface area (Å²) in [5.74, 6) is -1.19. The molecule has 1 aliphatic rings. The Morgan fingerprint density at radius 3 is 2.64 bits per heavy atom. The van der Waals surface area contributed by atoms with Gasteiger partial charge in [-0.1, -0.05) is 30.3 Å². The third kappa shape index (κ3) is 3.41. The van der Waals surface area contributed by atoms with Gasteiger partial charge in [-0.3, -0.25) is 14.3 Å². The van der Waals surface area contributed by atoms with Crippen LogP contribution in [0.3, 0.4) is 0 Å². The molecule has 1 aromatic carbocycles. The van der Waals surface area contributed by atoms with Crippen LogP contribution in [0, 0.1) is 0 Å². The third-order valence-corrected chi connectivity index (χ3v) is 7.02. The van der Waals surface area contributed by atoms with E-state index in [1.54, 1.807) is 0 Å². The van der Waals surface area contributed by atoms with Crippen LogP contribution in [-0.4, -0.2) is 51.8 Å². The highest BCUT2D eigenvalue weighted by Gasteiger charge is 2.56. The highest BCUT2D eigenvalue weighted by atomic mass is 31.2. The number of aliphatic carboxylic acids is 1. The number of carboxylic acid groups (broad SMARTS) is 1. The standard InChI is InChI=1S/C15H23N2O4P/c16-8-4-7-15(14(18)19)12-17(9-10-22(15,20)21)11-13-5-2-1-3-6-13/h1-3,5-6H,4,7-12,16H2,(H,18,19)(H,20,21). The van der Waals surface area contributed by atoms with E-state index in [1.807, 2.05) is 35.2 Å². The van der Waals surface area contributed by atoms with Crippen LogP contribution in [0.4, 0.5) is 0 Å². The molecule has 22 heavy (non-hydrogen) atoms. The molecule has 2 unspecified atom stereocenters. The number of carboxylic acids is 1. The van der Waals surface area contributed by atoms with Gasteiger partial charge in [0.1, 0.15) is 0 Å². The van der Waals surface area contributed by atoms with E-state index < -0.39 is 18.5 Å². The van der Waals surface area contributed by atoms with E-state index in [-0.39, 0.29) is 19.1 Å². The van der Waals surface area contributed by atoms with E-state index in [0.717, 1.165) is 5.56 Å². The van der Waals surface area contributed by atoms with Crippen LogP contribution in [0.25, 0.3) is 0 Å². The Bertz CT molecular complexity index is 566. The monoisotopic (exact) mass is 326 g/mol. The van der Waals surface area contributed by atoms with Crippen molar-refractivity contribution in [2.45, 2.75) is 24.5 Å². The average Bonchev–Trinajstić information content (AvgIpc) is 2.48. The molecular weight excluding hydrogens is 303 g/mol. The van der Waals surface area contributed by atoms with Crippen LogP contribution in [0.15, 0.2) is 30.3 Å². The van der Waals surface area contributed by atoms with Crippen molar-refractivity contribution in [2.75, 3.05) is 25.8 Å². The third-order valence-electron chi connectivity index (χ3n) is 4.31. The van der Waals surface area contributed by atoms with Gasteiger partial charge in [0.2, 0.25) is 7.37 Å². The molecule has 0 spiro atoms. The van der Waals surface area contributed by atoms with E-state index in [0.29, 0.717) is 26.1 Å². The summed E-state index contributed by atoms with van der Waals surface area (Å²) < 4.78 is 12.5. The Hall–Kier alpha value is -1.20. The maximum absolute atomic E-state index is 12.5. The maximum atomic E-state index is 12.5. The first-order valence-electron chi connectivity index (χ1n) is 7.43. The van der Waals surface area contributed by atoms with Crippen molar-refractivity contribution in [1.29, 1.82) is 0 Å². The lowest BCUT2D eigenvalue weighted by Crippen LogP contribution is -2.54. The molecule has 4 N–H and O–H groups in total. The van der Waals surface area contributed by atoms with Crippen molar-refractivity contribution < 1.29 is 19.4 Å². The van der Waals surface area contributed by atoms with E-state index >= 15 is 0 Å². The number of carbonyl (C=O) groups is 1. The molecule has 0 bridgehead atoms. The Kier molecular flexibility index (Phi) is 5.40. The van der Waals surface area contributed by atoms with Gasteiger partial charge in [0.15, 0.2) is 5.16 Å². The summed E-state index contributed by atoms with van der Waals surface area (Å²) >= 11 is 0. The molecule has 1 aliphatic heterocycles. The minimum Gasteiger partial charge on any atom is -0.480 e. The van der Waals surface area contributed by atoms with Crippen LogP contribution in [0.2, 0.25) is 0 Å². The molecule has 0 saturated carbocycles. The van der Waals surface area contributed by atoms with Gasteiger partial charge in [0.05, 0.1) is 0 Å². The predicted molar refractivity (Wildman–Crippen MR) is 85.1 cm³/mol. The van der Waals surface area contributed by atoms with E-state index in [2.05, 4.69) is 0 Å². The quantitative estimate of drug-likeness (QED) is 0.682. The highest BCUT2D eigenvalue weighted by Crippen LogP contribution is 2.59. The van der Waals surface area contributed by atoms with E-state index in [1.165, 1.54) is 0 Å². The topological polar surface area (TPSA) is 104 Å². The fourth-order valence-electron chi connectivity index (χ4n) is 3.00. The van der Waals surface area contributed by atoms with Crippen LogP contribution in [0.5, 0.6) is 0 Å². The molecule has 0 amide bonds. The van der Waals surface area contributed by atoms with Crippen LogP contribution in [-0.2, 0) is 15.9 Å². The van der Waals surface area contributed by atoms with Gasteiger partial charge in [0, 0.05) is 25.8 Å². The Morgan fingerprint density at radius 1 is 1.36 bits per heavy atom. The average molecular weight is 326 g/mol. The van der Waals surface area contributed by atoms with Gasteiger partial charge in [-0.15, -0.1) is 0 Å². The zero-order valence-electron chi connectivity index (χ0n) is 12.5. The molecule has 1 saturated heterocycles. The molecule has 2 atom stereocenters. The summed E-state index contributed by atoms with van der Waals surface area (Å²) in [6, 6.07) is 9.71. The summed E-state index contributed by atoms with van der Waals surface area (Å²) in [5.41, 5.74) is 6.54. The lowest BCUT2D eigenvalue weighted by molar-refractivity contribution is -0.141. The predicted octanol–water partition coefficient (Wildman–Crippen LogP) is 1.33. The summed E-state index contributed by atoms with van der Waals surface area (Å²) in [7, 11) is -3.75. The lowest BCUT2D eigenvalue weighted by atomic mass is 10.0. The number of hydrogen-bond donors (Lipinski definition) is 3. The second-order valence-electron chi connectivity index (χ2n) is 5.85. The molecule has 7 heteroatoms. The lowest BCUT2D eigenvalue weighted by Gasteiger charge is -2.43. The van der Waals surface area contributed by atoms with Crippen molar-refractivity contribution in [2.24, 2.45) is 5.73 Å². The van der Waals surface area contributed by atoms with Crippen molar-refractivity contribution in [3.63, 3.8) is 0 Å². The Morgan fingerprint density at radius 2 is 2.05 bits per heavy atom. The fourth-order valence-corrected chi connectivity index (χ4v) is 5.21. The fraction of sp³-hybridized carbons (Fsp3) is 0.533. The molecule has 0 aromatic heterocycles. The van der Waals surface area contributed by atoms with Gasteiger partial charge in [0.25, 0.3) is 0 Å². The van der Waals surface area contributed by atoms with Crippen molar-refractivity contribution in [3.05, 3.63) is 35.9 Å². The van der Waals surface area contributed by atoms with Gasteiger partial charge in [-0.2, -0.15) is 0 Å². The molecule has 1 heterocycles. The molecule has 6 nitrogen and oxygen atoms in total. The number of rotatable bonds is 6. The zero-order chi connectivity index (χ0) is 16.2. The SMILES string of the molecule is NCCCC1(C(=O)O)CN(Cc2ccccc2)CCP1(=O)O. The summed E-state index contributed by atoms with van der Waals surface area (Å²) in [5, 5.41) is 8.04.